The summed E-state index contributed by atoms with van der Waals surface area (Å²) in [6, 6.07) is 8.35. The molecule has 2 aromatic rings. The van der Waals surface area contributed by atoms with Gasteiger partial charge in [0.25, 0.3) is 0 Å². The molecule has 0 saturated heterocycles. The molecule has 16 heavy (non-hydrogen) atoms. The fourth-order valence-electron chi connectivity index (χ4n) is 1.59. The average Bonchev–Trinajstić information content (AvgIpc) is 2.79. The summed E-state index contributed by atoms with van der Waals surface area (Å²) in [6.45, 7) is 0.643. The second-order valence-corrected chi connectivity index (χ2v) is 4.34. The lowest BCUT2D eigenvalue weighted by Gasteiger charge is -2.15. The number of anilines is 1. The number of ether oxygens (including phenoxy) is 2. The van der Waals surface area contributed by atoms with E-state index in [9.17, 15) is 0 Å². The molecule has 3 nitrogen and oxygen atoms in total. The monoisotopic (exact) mass is 237 g/mol. The summed E-state index contributed by atoms with van der Waals surface area (Å²) in [4.78, 5) is 0. The largest absolute Gasteiger partial charge is 0.379 e. The Kier molecular flexibility index (Phi) is 3.77. The summed E-state index contributed by atoms with van der Waals surface area (Å²) >= 11 is 1.74. The highest BCUT2D eigenvalue weighted by Crippen LogP contribution is 2.28. The molecule has 0 bridgehead atoms. The minimum Gasteiger partial charge on any atom is -0.379 e. The maximum absolute atomic E-state index is 5.13. The topological polar surface area (TPSA) is 30.5 Å². The van der Waals surface area contributed by atoms with E-state index >= 15 is 0 Å². The molecule has 0 aliphatic carbocycles. The molecule has 1 aromatic carbocycles. The summed E-state index contributed by atoms with van der Waals surface area (Å²) in [7, 11) is 3.28. The Balaban J connectivity index is 2.11. The van der Waals surface area contributed by atoms with Crippen LogP contribution in [-0.4, -0.2) is 27.1 Å². The molecule has 0 atom stereocenters. The van der Waals surface area contributed by atoms with Gasteiger partial charge in [0, 0.05) is 14.2 Å². The zero-order valence-electron chi connectivity index (χ0n) is 9.40. The van der Waals surface area contributed by atoms with Crippen molar-refractivity contribution in [3.63, 3.8) is 0 Å². The Morgan fingerprint density at radius 1 is 1.25 bits per heavy atom. The van der Waals surface area contributed by atoms with Gasteiger partial charge in [-0.3, -0.25) is 0 Å². The van der Waals surface area contributed by atoms with Gasteiger partial charge in [-0.15, -0.1) is 11.3 Å². The van der Waals surface area contributed by atoms with Crippen molar-refractivity contribution in [2.75, 3.05) is 26.1 Å². The normalized spacial score (nSPS) is 11.2. The first-order valence-corrected chi connectivity index (χ1v) is 5.99. The van der Waals surface area contributed by atoms with E-state index in [1.54, 1.807) is 25.6 Å². The Hall–Kier alpha value is -1.10. The van der Waals surface area contributed by atoms with Gasteiger partial charge >= 0.3 is 0 Å². The molecular weight excluding hydrogens is 222 g/mol. The maximum atomic E-state index is 5.13. The highest BCUT2D eigenvalue weighted by atomic mass is 32.1. The summed E-state index contributed by atoms with van der Waals surface area (Å²) in [5.74, 6) is 0. The summed E-state index contributed by atoms with van der Waals surface area (Å²) in [6.07, 6.45) is -0.213. The Morgan fingerprint density at radius 2 is 2.06 bits per heavy atom. The lowest BCUT2D eigenvalue weighted by molar-refractivity contribution is -0.0913. The number of methoxy groups -OCH3 is 2. The molecule has 0 spiro atoms. The fourth-order valence-corrected chi connectivity index (χ4v) is 2.48. The summed E-state index contributed by atoms with van der Waals surface area (Å²) < 4.78 is 11.5. The van der Waals surface area contributed by atoms with E-state index in [-0.39, 0.29) is 6.29 Å². The van der Waals surface area contributed by atoms with E-state index in [0.29, 0.717) is 6.54 Å². The van der Waals surface area contributed by atoms with Crippen molar-refractivity contribution in [2.45, 2.75) is 6.29 Å². The van der Waals surface area contributed by atoms with Crippen LogP contribution in [0.2, 0.25) is 0 Å². The van der Waals surface area contributed by atoms with Crippen LogP contribution in [-0.2, 0) is 9.47 Å². The zero-order valence-corrected chi connectivity index (χ0v) is 10.2. The van der Waals surface area contributed by atoms with E-state index in [2.05, 4.69) is 28.9 Å². The van der Waals surface area contributed by atoms with Crippen molar-refractivity contribution in [3.05, 3.63) is 29.6 Å². The van der Waals surface area contributed by atoms with Crippen LogP contribution in [0.25, 0.3) is 10.1 Å². The van der Waals surface area contributed by atoms with Gasteiger partial charge in [-0.25, -0.2) is 0 Å². The van der Waals surface area contributed by atoms with E-state index in [4.69, 9.17) is 9.47 Å². The predicted octanol–water partition coefficient (Wildman–Crippen LogP) is 2.93. The molecule has 1 heterocycles. The number of nitrogens with one attached hydrogen (secondary N) is 1. The third kappa shape index (κ3) is 2.35. The molecule has 1 N–H and O–H groups in total. The van der Waals surface area contributed by atoms with Crippen molar-refractivity contribution < 1.29 is 9.47 Å². The molecule has 0 amide bonds. The first-order chi connectivity index (χ1) is 7.85. The smallest absolute Gasteiger partial charge is 0.173 e. The molecule has 4 heteroatoms. The molecule has 0 saturated carbocycles. The number of thiophene rings is 1. The standard InChI is InChI=1S/C12H15NO2S/c1-14-11(15-2)8-13-10-5-3-4-9-6-7-16-12(9)10/h3-7,11,13H,8H2,1-2H3. The predicted molar refractivity (Wildman–Crippen MR) is 68.1 cm³/mol. The number of fused-ring (bicyclic) bond motifs is 1. The Morgan fingerprint density at radius 3 is 2.81 bits per heavy atom. The van der Waals surface area contributed by atoms with Crippen molar-refractivity contribution in [2.24, 2.45) is 0 Å². The van der Waals surface area contributed by atoms with Crippen molar-refractivity contribution in [1.82, 2.24) is 0 Å². The van der Waals surface area contributed by atoms with Crippen LogP contribution in [0.5, 0.6) is 0 Å². The molecule has 1 aromatic heterocycles. The van der Waals surface area contributed by atoms with Gasteiger partial charge in [-0.05, 0) is 22.9 Å². The SMILES string of the molecule is COC(CNc1cccc2ccsc12)OC. The van der Waals surface area contributed by atoms with Gasteiger partial charge in [0.1, 0.15) is 0 Å². The van der Waals surface area contributed by atoms with E-state index in [0.717, 1.165) is 5.69 Å². The van der Waals surface area contributed by atoms with Crippen LogP contribution in [0, 0.1) is 0 Å². The van der Waals surface area contributed by atoms with Crippen molar-refractivity contribution in [1.29, 1.82) is 0 Å². The van der Waals surface area contributed by atoms with Crippen LogP contribution in [0.1, 0.15) is 0 Å². The molecule has 86 valence electrons. The van der Waals surface area contributed by atoms with Crippen LogP contribution in [0.4, 0.5) is 5.69 Å². The summed E-state index contributed by atoms with van der Waals surface area (Å²) in [5.41, 5.74) is 1.13. The molecule has 0 aliphatic rings. The number of benzene rings is 1. The van der Waals surface area contributed by atoms with E-state index < -0.39 is 0 Å². The van der Waals surface area contributed by atoms with Crippen LogP contribution in [0.15, 0.2) is 29.6 Å². The van der Waals surface area contributed by atoms with Gasteiger partial charge in [-0.2, -0.15) is 0 Å². The lowest BCUT2D eigenvalue weighted by atomic mass is 10.2. The number of hydrogen-bond acceptors (Lipinski definition) is 4. The molecule has 2 rings (SSSR count). The molecule has 0 aliphatic heterocycles. The van der Waals surface area contributed by atoms with Crippen molar-refractivity contribution >= 4 is 27.1 Å². The third-order valence-electron chi connectivity index (χ3n) is 2.46. The quantitative estimate of drug-likeness (QED) is 0.811. The maximum Gasteiger partial charge on any atom is 0.173 e. The number of rotatable bonds is 5. The lowest BCUT2D eigenvalue weighted by Crippen LogP contribution is -2.23. The van der Waals surface area contributed by atoms with E-state index in [1.165, 1.54) is 10.1 Å². The van der Waals surface area contributed by atoms with Crippen LogP contribution < -0.4 is 5.32 Å². The minimum atomic E-state index is -0.213. The average molecular weight is 237 g/mol. The Labute approximate surface area is 99.0 Å². The van der Waals surface area contributed by atoms with E-state index in [1.807, 2.05) is 6.07 Å². The molecular formula is C12H15NO2S. The first kappa shape index (κ1) is 11.4. The van der Waals surface area contributed by atoms with Crippen LogP contribution >= 0.6 is 11.3 Å². The molecule has 0 fully saturated rings. The van der Waals surface area contributed by atoms with Crippen molar-refractivity contribution in [3.8, 4) is 0 Å². The van der Waals surface area contributed by atoms with Gasteiger partial charge in [0.15, 0.2) is 6.29 Å². The first-order valence-electron chi connectivity index (χ1n) is 5.11. The zero-order chi connectivity index (χ0) is 11.4. The van der Waals surface area contributed by atoms with Gasteiger partial charge in [0.2, 0.25) is 0 Å². The summed E-state index contributed by atoms with van der Waals surface area (Å²) in [5, 5.41) is 6.70. The fraction of sp³-hybridized carbons (Fsp3) is 0.333. The second-order valence-electron chi connectivity index (χ2n) is 3.43. The van der Waals surface area contributed by atoms with Gasteiger partial charge < -0.3 is 14.8 Å². The van der Waals surface area contributed by atoms with Gasteiger partial charge in [0.05, 0.1) is 16.9 Å². The molecule has 0 radical (unpaired) electrons. The van der Waals surface area contributed by atoms with Gasteiger partial charge in [-0.1, -0.05) is 12.1 Å². The Bertz CT molecular complexity index is 451. The number of hydrogen-bond donors (Lipinski definition) is 1. The molecule has 0 unspecified atom stereocenters. The van der Waals surface area contributed by atoms with Crippen LogP contribution in [0.3, 0.4) is 0 Å². The third-order valence-corrected chi connectivity index (χ3v) is 3.43. The minimum absolute atomic E-state index is 0.213. The highest BCUT2D eigenvalue weighted by Gasteiger charge is 2.06. The second kappa shape index (κ2) is 5.30. The highest BCUT2D eigenvalue weighted by molar-refractivity contribution is 7.17.